The van der Waals surface area contributed by atoms with Crippen molar-refractivity contribution in [1.29, 1.82) is 0 Å². The molecule has 0 saturated carbocycles. The Morgan fingerprint density at radius 1 is 1.17 bits per heavy atom. The minimum absolute atomic E-state index is 0.0652. The number of carbonyl (C=O) groups is 2. The van der Waals surface area contributed by atoms with Gasteiger partial charge < -0.3 is 26.0 Å². The van der Waals surface area contributed by atoms with Gasteiger partial charge in [-0.1, -0.05) is 0 Å². The third-order valence-electron chi connectivity index (χ3n) is 4.73. The van der Waals surface area contributed by atoms with Gasteiger partial charge in [-0.05, 0) is 37.1 Å². The maximum Gasteiger partial charge on any atom is 0.327 e. The van der Waals surface area contributed by atoms with Crippen LogP contribution in [0.3, 0.4) is 0 Å². The predicted octanol–water partition coefficient (Wildman–Crippen LogP) is -0.253. The van der Waals surface area contributed by atoms with E-state index in [2.05, 4.69) is 15.3 Å². The highest BCUT2D eigenvalue weighted by Crippen LogP contribution is 2.41. The zero-order valence-corrected chi connectivity index (χ0v) is 16.0. The zero-order valence-electron chi connectivity index (χ0n) is 16.0. The topological polar surface area (TPSA) is 165 Å². The first-order valence-electron chi connectivity index (χ1n) is 8.93. The molecule has 0 fully saturated rings. The highest BCUT2D eigenvalue weighted by molar-refractivity contribution is 5.95. The molecule has 0 spiro atoms. The summed E-state index contributed by atoms with van der Waals surface area (Å²) in [7, 11) is 0. The van der Waals surface area contributed by atoms with Crippen LogP contribution in [0.2, 0.25) is 0 Å². The smallest absolute Gasteiger partial charge is 0.327 e. The Labute approximate surface area is 165 Å². The summed E-state index contributed by atoms with van der Waals surface area (Å²) in [4.78, 5) is 55.4. The van der Waals surface area contributed by atoms with Crippen molar-refractivity contribution in [2.75, 3.05) is 36.4 Å². The van der Waals surface area contributed by atoms with Crippen LogP contribution in [0, 0.1) is 13.8 Å². The lowest BCUT2D eigenvalue weighted by atomic mass is 10.0. The standard InChI is InChI=1S/C18H22N6O5/c1-9-5-11-12(6-10(9)2)24(7-13(25)23(4-3-19)8-14(26)27)16-15(20-11)17(28)22-18(29)21-16/h5-6,20H,3-4,7-8,19H2,1-2H3,(H,26,27)(H2,21,22,28,29). The third-order valence-corrected chi connectivity index (χ3v) is 4.73. The van der Waals surface area contributed by atoms with Crippen molar-refractivity contribution in [1.82, 2.24) is 14.9 Å². The Morgan fingerprint density at radius 3 is 2.52 bits per heavy atom. The molecule has 0 bridgehead atoms. The first kappa shape index (κ1) is 20.1. The maximum atomic E-state index is 12.8. The molecular weight excluding hydrogens is 380 g/mol. The molecule has 11 nitrogen and oxygen atoms in total. The van der Waals surface area contributed by atoms with Gasteiger partial charge in [0.25, 0.3) is 5.56 Å². The van der Waals surface area contributed by atoms with Gasteiger partial charge in [0.15, 0.2) is 0 Å². The molecular formula is C18H22N6O5. The molecule has 6 N–H and O–H groups in total. The molecule has 1 amide bonds. The van der Waals surface area contributed by atoms with Gasteiger partial charge in [-0.2, -0.15) is 0 Å². The molecule has 154 valence electrons. The minimum Gasteiger partial charge on any atom is -0.480 e. The van der Waals surface area contributed by atoms with E-state index in [1.807, 2.05) is 26.0 Å². The summed E-state index contributed by atoms with van der Waals surface area (Å²) < 4.78 is 0. The van der Waals surface area contributed by atoms with Gasteiger partial charge in [0.2, 0.25) is 5.91 Å². The van der Waals surface area contributed by atoms with E-state index >= 15 is 0 Å². The average Bonchev–Trinajstić information content (AvgIpc) is 2.63. The van der Waals surface area contributed by atoms with E-state index < -0.39 is 29.7 Å². The molecule has 0 unspecified atom stereocenters. The summed E-state index contributed by atoms with van der Waals surface area (Å²) in [6, 6.07) is 3.67. The van der Waals surface area contributed by atoms with Crippen molar-refractivity contribution in [3.05, 3.63) is 44.1 Å². The number of rotatable bonds is 6. The van der Waals surface area contributed by atoms with Crippen LogP contribution >= 0.6 is 0 Å². The molecule has 1 aliphatic heterocycles. The Balaban J connectivity index is 2.09. The zero-order chi connectivity index (χ0) is 21.3. The van der Waals surface area contributed by atoms with Crippen LogP contribution in [0.25, 0.3) is 0 Å². The third kappa shape index (κ3) is 3.99. The fourth-order valence-electron chi connectivity index (χ4n) is 3.18. The first-order chi connectivity index (χ1) is 13.7. The number of nitrogens with two attached hydrogens (primary N) is 1. The highest BCUT2D eigenvalue weighted by Gasteiger charge is 2.29. The first-order valence-corrected chi connectivity index (χ1v) is 8.93. The number of hydrogen-bond donors (Lipinski definition) is 5. The monoisotopic (exact) mass is 402 g/mol. The number of benzene rings is 1. The fraction of sp³-hybridized carbons (Fsp3) is 0.333. The molecule has 0 atom stereocenters. The number of carboxylic acid groups (broad SMARTS) is 1. The van der Waals surface area contributed by atoms with E-state index in [1.54, 1.807) is 0 Å². The van der Waals surface area contributed by atoms with Gasteiger partial charge in [-0.15, -0.1) is 0 Å². The quantitative estimate of drug-likeness (QED) is 0.441. The van der Waals surface area contributed by atoms with Crippen molar-refractivity contribution in [3.8, 4) is 0 Å². The Kier molecular flexibility index (Phi) is 5.41. The molecule has 11 heteroatoms. The molecule has 0 saturated heterocycles. The maximum absolute atomic E-state index is 12.8. The molecule has 1 aromatic carbocycles. The molecule has 0 aliphatic carbocycles. The number of carboxylic acids is 1. The van der Waals surface area contributed by atoms with Crippen LogP contribution in [0.15, 0.2) is 21.7 Å². The van der Waals surface area contributed by atoms with E-state index in [0.717, 1.165) is 16.0 Å². The number of H-pyrrole nitrogens is 2. The van der Waals surface area contributed by atoms with Crippen LogP contribution < -0.4 is 27.2 Å². The van der Waals surface area contributed by atoms with Crippen LogP contribution in [-0.2, 0) is 9.59 Å². The Morgan fingerprint density at radius 2 is 1.86 bits per heavy atom. The number of fused-ring (bicyclic) bond motifs is 2. The van der Waals surface area contributed by atoms with E-state index in [-0.39, 0.29) is 31.1 Å². The highest BCUT2D eigenvalue weighted by atomic mass is 16.4. The van der Waals surface area contributed by atoms with Gasteiger partial charge in [-0.25, -0.2) is 4.79 Å². The molecule has 1 aliphatic rings. The van der Waals surface area contributed by atoms with Crippen LogP contribution in [0.4, 0.5) is 22.9 Å². The molecule has 29 heavy (non-hydrogen) atoms. The minimum atomic E-state index is -1.16. The Bertz CT molecular complexity index is 1090. The SMILES string of the molecule is Cc1cc2c(cc1C)N(CC(=O)N(CCN)CC(=O)O)c1[nH]c(=O)[nH]c(=O)c1N2. The summed E-state index contributed by atoms with van der Waals surface area (Å²) in [6.45, 7) is 3.20. The van der Waals surface area contributed by atoms with Gasteiger partial charge in [0.1, 0.15) is 24.6 Å². The summed E-state index contributed by atoms with van der Waals surface area (Å²) in [5.74, 6) is -1.54. The van der Waals surface area contributed by atoms with E-state index in [1.165, 1.54) is 4.90 Å². The Hall–Kier alpha value is -3.60. The van der Waals surface area contributed by atoms with E-state index in [9.17, 15) is 19.2 Å². The lowest BCUT2D eigenvalue weighted by molar-refractivity contribution is -0.143. The average molecular weight is 402 g/mol. The van der Waals surface area contributed by atoms with Gasteiger partial charge in [0, 0.05) is 13.1 Å². The number of hydrogen-bond acceptors (Lipinski definition) is 7. The van der Waals surface area contributed by atoms with Gasteiger partial charge in [-0.3, -0.25) is 24.4 Å². The number of aromatic nitrogens is 2. The van der Waals surface area contributed by atoms with Gasteiger partial charge >= 0.3 is 11.7 Å². The second kappa shape index (κ2) is 7.80. The van der Waals surface area contributed by atoms with E-state index in [4.69, 9.17) is 10.8 Å². The number of nitrogens with zero attached hydrogens (tertiary/aromatic N) is 2. The molecule has 2 aromatic rings. The number of amides is 1. The second-order valence-corrected chi connectivity index (χ2v) is 6.79. The van der Waals surface area contributed by atoms with E-state index in [0.29, 0.717) is 11.4 Å². The molecule has 1 aromatic heterocycles. The number of nitrogens with one attached hydrogen (secondary N) is 3. The number of aryl methyl sites for hydroxylation is 2. The van der Waals surface area contributed by atoms with Gasteiger partial charge in [0.05, 0.1) is 11.4 Å². The summed E-state index contributed by atoms with van der Waals surface area (Å²) in [6.07, 6.45) is 0. The summed E-state index contributed by atoms with van der Waals surface area (Å²) >= 11 is 0. The number of carbonyl (C=O) groups excluding carboxylic acids is 1. The van der Waals surface area contributed by atoms with Crippen molar-refractivity contribution in [2.45, 2.75) is 13.8 Å². The van der Waals surface area contributed by atoms with Crippen LogP contribution in [0.5, 0.6) is 0 Å². The normalized spacial score (nSPS) is 12.0. The molecule has 3 rings (SSSR count). The van der Waals surface area contributed by atoms with Crippen LogP contribution in [0.1, 0.15) is 11.1 Å². The summed E-state index contributed by atoms with van der Waals surface area (Å²) in [5.41, 5.74) is 7.34. The van der Waals surface area contributed by atoms with Crippen molar-refractivity contribution >= 4 is 34.8 Å². The largest absolute Gasteiger partial charge is 0.480 e. The lowest BCUT2D eigenvalue weighted by Gasteiger charge is -2.34. The second-order valence-electron chi connectivity index (χ2n) is 6.79. The molecule has 0 radical (unpaired) electrons. The number of aromatic amines is 2. The number of aliphatic carboxylic acids is 1. The van der Waals surface area contributed by atoms with Crippen molar-refractivity contribution < 1.29 is 14.7 Å². The summed E-state index contributed by atoms with van der Waals surface area (Å²) in [5, 5.41) is 12.1. The number of anilines is 4. The van der Waals surface area contributed by atoms with Crippen molar-refractivity contribution in [3.63, 3.8) is 0 Å². The predicted molar refractivity (Wildman–Crippen MR) is 107 cm³/mol. The fourth-order valence-corrected chi connectivity index (χ4v) is 3.18. The van der Waals surface area contributed by atoms with Crippen LogP contribution in [-0.4, -0.2) is 58.0 Å². The van der Waals surface area contributed by atoms with Crippen molar-refractivity contribution in [2.24, 2.45) is 5.73 Å². The lowest BCUT2D eigenvalue weighted by Crippen LogP contribution is -2.45. The molecule has 2 heterocycles.